The van der Waals surface area contributed by atoms with E-state index in [1.807, 2.05) is 29.6 Å². The molecule has 0 fully saturated rings. The van der Waals surface area contributed by atoms with Gasteiger partial charge in [-0.15, -0.1) is 11.3 Å². The molecule has 3 N–H and O–H groups in total. The number of nitrogens with two attached hydrogens (primary N) is 1. The predicted molar refractivity (Wildman–Crippen MR) is 96.7 cm³/mol. The molecule has 0 aliphatic rings. The number of benzene rings is 1. The molecule has 1 atom stereocenters. The summed E-state index contributed by atoms with van der Waals surface area (Å²) in [6.45, 7) is 2.65. The van der Waals surface area contributed by atoms with Crippen molar-refractivity contribution in [2.24, 2.45) is 5.73 Å². The van der Waals surface area contributed by atoms with E-state index < -0.39 is 6.03 Å². The summed E-state index contributed by atoms with van der Waals surface area (Å²) in [5.41, 5.74) is 7.59. The second-order valence-electron chi connectivity index (χ2n) is 5.70. The zero-order valence-electron chi connectivity index (χ0n) is 14.0. The van der Waals surface area contributed by atoms with E-state index in [1.54, 1.807) is 11.9 Å². The monoisotopic (exact) mass is 345 g/mol. The third kappa shape index (κ3) is 5.09. The Morgan fingerprint density at radius 2 is 1.88 bits per heavy atom. The van der Waals surface area contributed by atoms with Crippen LogP contribution in [0.15, 0.2) is 41.8 Å². The van der Waals surface area contributed by atoms with Gasteiger partial charge < -0.3 is 16.0 Å². The molecule has 6 heteroatoms. The summed E-state index contributed by atoms with van der Waals surface area (Å²) in [6.07, 6.45) is 1.18. The number of primary amides is 1. The Morgan fingerprint density at radius 3 is 2.42 bits per heavy atom. The highest BCUT2D eigenvalue weighted by Gasteiger charge is 2.20. The van der Waals surface area contributed by atoms with Crippen LogP contribution in [0.25, 0.3) is 0 Å². The van der Waals surface area contributed by atoms with E-state index in [4.69, 9.17) is 5.73 Å². The summed E-state index contributed by atoms with van der Waals surface area (Å²) in [5, 5.41) is 4.56. The Bertz CT molecular complexity index is 668. The molecule has 1 unspecified atom stereocenters. The minimum atomic E-state index is -0.626. The molecule has 0 saturated carbocycles. The largest absolute Gasteiger partial charge is 0.352 e. The highest BCUT2D eigenvalue weighted by molar-refractivity contribution is 7.10. The van der Waals surface area contributed by atoms with E-state index in [2.05, 4.69) is 24.4 Å². The van der Waals surface area contributed by atoms with Gasteiger partial charge in [0.25, 0.3) is 0 Å². The van der Waals surface area contributed by atoms with Crippen molar-refractivity contribution in [3.05, 3.63) is 57.8 Å². The maximum Gasteiger partial charge on any atom is 0.312 e. The molecule has 128 valence electrons. The number of nitrogens with zero attached hydrogens (tertiary/aromatic N) is 1. The number of urea groups is 1. The van der Waals surface area contributed by atoms with Gasteiger partial charge in [-0.3, -0.25) is 4.79 Å². The maximum absolute atomic E-state index is 12.5. The highest BCUT2D eigenvalue weighted by Crippen LogP contribution is 2.23. The van der Waals surface area contributed by atoms with Crippen LogP contribution >= 0.6 is 11.3 Å². The second kappa shape index (κ2) is 8.49. The summed E-state index contributed by atoms with van der Waals surface area (Å²) in [5.74, 6) is -0.0401. The Hall–Kier alpha value is -2.34. The fraction of sp³-hybridized carbons (Fsp3) is 0.333. The summed E-state index contributed by atoms with van der Waals surface area (Å²) >= 11 is 1.49. The predicted octanol–water partition coefficient (Wildman–Crippen LogP) is 3.07. The summed E-state index contributed by atoms with van der Waals surface area (Å²) in [4.78, 5) is 26.3. The molecule has 1 aromatic heterocycles. The molecular formula is C18H23N3O2S. The zero-order chi connectivity index (χ0) is 17.5. The van der Waals surface area contributed by atoms with Crippen molar-refractivity contribution in [1.29, 1.82) is 0 Å². The molecule has 0 radical (unpaired) electrons. The Labute approximate surface area is 146 Å². The number of rotatable bonds is 7. The average Bonchev–Trinajstić information content (AvgIpc) is 3.09. The van der Waals surface area contributed by atoms with Gasteiger partial charge >= 0.3 is 6.03 Å². The molecule has 1 heterocycles. The van der Waals surface area contributed by atoms with Crippen LogP contribution in [0.2, 0.25) is 0 Å². The van der Waals surface area contributed by atoms with Crippen LogP contribution in [-0.4, -0.2) is 23.9 Å². The van der Waals surface area contributed by atoms with Crippen molar-refractivity contribution in [2.45, 2.75) is 32.4 Å². The van der Waals surface area contributed by atoms with E-state index in [0.717, 1.165) is 16.9 Å². The van der Waals surface area contributed by atoms with Gasteiger partial charge in [-0.05, 0) is 29.0 Å². The SMILES string of the molecule is CCc1ccc(CN(C)C(=O)CC(NC(N)=O)c2cccs2)cc1. The van der Waals surface area contributed by atoms with Crippen molar-refractivity contribution >= 4 is 23.3 Å². The topological polar surface area (TPSA) is 75.4 Å². The van der Waals surface area contributed by atoms with Crippen LogP contribution in [0.5, 0.6) is 0 Å². The normalized spacial score (nSPS) is 11.8. The number of thiophene rings is 1. The van der Waals surface area contributed by atoms with Crippen molar-refractivity contribution in [1.82, 2.24) is 10.2 Å². The van der Waals surface area contributed by atoms with E-state index in [0.29, 0.717) is 6.54 Å². The quantitative estimate of drug-likeness (QED) is 0.809. The van der Waals surface area contributed by atoms with E-state index in [9.17, 15) is 9.59 Å². The third-order valence-corrected chi connectivity index (χ3v) is 4.84. The first kappa shape index (κ1) is 18.0. The Kier molecular flexibility index (Phi) is 6.37. The first-order chi connectivity index (χ1) is 11.5. The highest BCUT2D eigenvalue weighted by atomic mass is 32.1. The fourth-order valence-electron chi connectivity index (χ4n) is 2.46. The lowest BCUT2D eigenvalue weighted by Gasteiger charge is -2.21. The molecule has 0 spiro atoms. The number of amides is 3. The van der Waals surface area contributed by atoms with Crippen LogP contribution in [0.3, 0.4) is 0 Å². The van der Waals surface area contributed by atoms with Gasteiger partial charge in [-0.2, -0.15) is 0 Å². The average molecular weight is 345 g/mol. The number of carbonyl (C=O) groups excluding carboxylic acids is 2. The van der Waals surface area contributed by atoms with Crippen molar-refractivity contribution < 1.29 is 9.59 Å². The van der Waals surface area contributed by atoms with Crippen LogP contribution in [0.1, 0.15) is 35.4 Å². The van der Waals surface area contributed by atoms with Crippen LogP contribution in [-0.2, 0) is 17.8 Å². The summed E-state index contributed by atoms with van der Waals surface area (Å²) in [7, 11) is 1.77. The van der Waals surface area contributed by atoms with Crippen molar-refractivity contribution in [3.63, 3.8) is 0 Å². The minimum Gasteiger partial charge on any atom is -0.352 e. The van der Waals surface area contributed by atoms with Gasteiger partial charge in [0.2, 0.25) is 5.91 Å². The van der Waals surface area contributed by atoms with Crippen LogP contribution in [0.4, 0.5) is 4.79 Å². The van der Waals surface area contributed by atoms with Gasteiger partial charge in [-0.1, -0.05) is 37.3 Å². The van der Waals surface area contributed by atoms with Crippen molar-refractivity contribution in [2.75, 3.05) is 7.05 Å². The van der Waals surface area contributed by atoms with Gasteiger partial charge in [-0.25, -0.2) is 4.79 Å². The van der Waals surface area contributed by atoms with Gasteiger partial charge in [0.15, 0.2) is 0 Å². The number of hydrogen-bond acceptors (Lipinski definition) is 3. The molecule has 1 aromatic carbocycles. The van der Waals surface area contributed by atoms with Crippen LogP contribution in [0, 0.1) is 0 Å². The first-order valence-corrected chi connectivity index (χ1v) is 8.78. The molecule has 3 amide bonds. The third-order valence-electron chi connectivity index (χ3n) is 3.86. The molecule has 0 aliphatic heterocycles. The standard InChI is InChI=1S/C18H23N3O2S/c1-3-13-6-8-14(9-7-13)12-21(2)17(22)11-15(20-18(19)23)16-5-4-10-24-16/h4-10,15H,3,11-12H2,1-2H3,(H3,19,20,23). The second-order valence-corrected chi connectivity index (χ2v) is 6.68. The zero-order valence-corrected chi connectivity index (χ0v) is 14.8. The molecule has 2 aromatic rings. The van der Waals surface area contributed by atoms with Crippen molar-refractivity contribution in [3.8, 4) is 0 Å². The lowest BCUT2D eigenvalue weighted by Crippen LogP contribution is -2.36. The minimum absolute atomic E-state index is 0.0401. The molecule has 2 rings (SSSR count). The van der Waals surface area contributed by atoms with Gasteiger partial charge in [0.1, 0.15) is 0 Å². The molecular weight excluding hydrogens is 322 g/mol. The lowest BCUT2D eigenvalue weighted by atomic mass is 10.1. The molecule has 24 heavy (non-hydrogen) atoms. The van der Waals surface area contributed by atoms with Crippen LogP contribution < -0.4 is 11.1 Å². The maximum atomic E-state index is 12.5. The van der Waals surface area contributed by atoms with E-state index >= 15 is 0 Å². The molecule has 0 saturated heterocycles. The Balaban J connectivity index is 1.98. The smallest absolute Gasteiger partial charge is 0.312 e. The number of carbonyl (C=O) groups is 2. The first-order valence-electron chi connectivity index (χ1n) is 7.90. The van der Waals surface area contributed by atoms with E-state index in [-0.39, 0.29) is 18.4 Å². The Morgan fingerprint density at radius 1 is 1.21 bits per heavy atom. The van der Waals surface area contributed by atoms with E-state index in [1.165, 1.54) is 16.9 Å². The molecule has 0 bridgehead atoms. The number of aryl methyl sites for hydroxylation is 1. The molecule has 0 aliphatic carbocycles. The fourth-order valence-corrected chi connectivity index (χ4v) is 3.23. The summed E-state index contributed by atoms with van der Waals surface area (Å²) in [6, 6.07) is 11.0. The lowest BCUT2D eigenvalue weighted by molar-refractivity contribution is -0.130. The van der Waals surface area contributed by atoms with Gasteiger partial charge in [0, 0.05) is 18.5 Å². The van der Waals surface area contributed by atoms with Gasteiger partial charge in [0.05, 0.1) is 12.5 Å². The number of nitrogens with one attached hydrogen (secondary N) is 1. The molecule has 5 nitrogen and oxygen atoms in total. The summed E-state index contributed by atoms with van der Waals surface area (Å²) < 4.78 is 0. The number of hydrogen-bond donors (Lipinski definition) is 2.